The molecule has 8 heteroatoms. The highest BCUT2D eigenvalue weighted by Gasteiger charge is 2.28. The molecule has 0 aliphatic carbocycles. The first-order valence-electron chi connectivity index (χ1n) is 9.76. The van der Waals surface area contributed by atoms with E-state index in [0.717, 1.165) is 33.1 Å². The van der Waals surface area contributed by atoms with E-state index in [4.69, 9.17) is 0 Å². The molecule has 0 saturated carbocycles. The molecule has 1 unspecified atom stereocenters. The second kappa shape index (κ2) is 10.2. The van der Waals surface area contributed by atoms with Gasteiger partial charge in [-0.15, -0.1) is 11.3 Å². The number of carbonyl (C=O) groups excluding carboxylic acids is 3. The largest absolute Gasteiger partial charge is 0.469 e. The van der Waals surface area contributed by atoms with Crippen LogP contribution < -0.4 is 16.0 Å². The van der Waals surface area contributed by atoms with Crippen molar-refractivity contribution in [2.45, 2.75) is 53.5 Å². The summed E-state index contributed by atoms with van der Waals surface area (Å²) in [5.74, 6) is -0.509. The monoisotopic (exact) mass is 431 g/mol. The molecule has 0 spiro atoms. The highest BCUT2D eigenvalue weighted by atomic mass is 32.1. The number of thiophene rings is 1. The Bertz CT molecular complexity index is 927. The van der Waals surface area contributed by atoms with E-state index in [1.165, 1.54) is 12.0 Å². The number of esters is 1. The zero-order valence-electron chi connectivity index (χ0n) is 18.3. The van der Waals surface area contributed by atoms with E-state index >= 15 is 0 Å². The van der Waals surface area contributed by atoms with Crippen molar-refractivity contribution in [3.63, 3.8) is 0 Å². The van der Waals surface area contributed by atoms with Crippen molar-refractivity contribution in [2.75, 3.05) is 23.1 Å². The third kappa shape index (κ3) is 6.06. The lowest BCUT2D eigenvalue weighted by atomic mass is 10.0. The van der Waals surface area contributed by atoms with E-state index in [-0.39, 0.29) is 24.2 Å². The van der Waals surface area contributed by atoms with Crippen LogP contribution in [0.3, 0.4) is 0 Å². The van der Waals surface area contributed by atoms with Crippen molar-refractivity contribution < 1.29 is 19.1 Å². The number of methoxy groups -OCH3 is 1. The van der Waals surface area contributed by atoms with E-state index in [0.29, 0.717) is 6.42 Å². The summed E-state index contributed by atoms with van der Waals surface area (Å²) < 4.78 is 4.26. The Labute approximate surface area is 181 Å². The van der Waals surface area contributed by atoms with Crippen molar-refractivity contribution in [1.29, 1.82) is 0 Å². The number of hydrogen-bond donors (Lipinski definition) is 3. The average molecular weight is 432 g/mol. The van der Waals surface area contributed by atoms with E-state index < -0.39 is 6.04 Å². The third-order valence-electron chi connectivity index (χ3n) is 4.87. The maximum absolute atomic E-state index is 12.3. The Hall–Kier alpha value is -2.87. The molecule has 3 rings (SSSR count). The van der Waals surface area contributed by atoms with Crippen molar-refractivity contribution >= 4 is 45.5 Å². The van der Waals surface area contributed by atoms with Crippen LogP contribution in [0.1, 0.15) is 41.3 Å². The van der Waals surface area contributed by atoms with Crippen molar-refractivity contribution in [2.24, 2.45) is 0 Å². The molecule has 1 aromatic heterocycles. The zero-order chi connectivity index (χ0) is 22.4. The highest BCUT2D eigenvalue weighted by Crippen LogP contribution is 2.31. The summed E-state index contributed by atoms with van der Waals surface area (Å²) in [6.07, 6.45) is 0.560. The molecular weight excluding hydrogens is 402 g/mol. The third-order valence-corrected chi connectivity index (χ3v) is 5.94. The number of carbonyl (C=O) groups is 3. The highest BCUT2D eigenvalue weighted by molar-refractivity contribution is 7.16. The summed E-state index contributed by atoms with van der Waals surface area (Å²) in [5.41, 5.74) is 5.05. The second-order valence-electron chi connectivity index (χ2n) is 7.20. The number of aryl methyl sites for hydroxylation is 4. The molecule has 7 nitrogen and oxygen atoms in total. The van der Waals surface area contributed by atoms with Gasteiger partial charge < -0.3 is 20.7 Å². The van der Waals surface area contributed by atoms with Crippen molar-refractivity contribution in [3.05, 3.63) is 39.8 Å². The predicted molar refractivity (Wildman–Crippen MR) is 121 cm³/mol. The minimum Gasteiger partial charge on any atom is -0.469 e. The molecule has 0 saturated heterocycles. The van der Waals surface area contributed by atoms with Crippen molar-refractivity contribution in [3.8, 4) is 0 Å². The van der Waals surface area contributed by atoms with Crippen LogP contribution in [-0.2, 0) is 19.1 Å². The first-order valence-corrected chi connectivity index (χ1v) is 10.6. The molecule has 30 heavy (non-hydrogen) atoms. The molecule has 2 amide bonds. The predicted octanol–water partition coefficient (Wildman–Crippen LogP) is 4.31. The molecule has 1 aromatic carbocycles. The van der Waals surface area contributed by atoms with Gasteiger partial charge in [-0.3, -0.25) is 14.4 Å². The zero-order valence-corrected chi connectivity index (χ0v) is 19.1. The SMILES string of the molecule is CCC(=O)OC.Cc1cc2c(cc1C)NC(CC(=O)Nc1cc(C)c(C)s1)C(=O)N2. The maximum atomic E-state index is 12.3. The van der Waals surface area contributed by atoms with Gasteiger partial charge in [0.25, 0.3) is 0 Å². The van der Waals surface area contributed by atoms with Crippen LogP contribution in [0.2, 0.25) is 0 Å². The lowest BCUT2D eigenvalue weighted by Gasteiger charge is -2.27. The fourth-order valence-electron chi connectivity index (χ4n) is 2.81. The molecule has 1 aliphatic rings. The van der Waals surface area contributed by atoms with Gasteiger partial charge in [0.1, 0.15) is 6.04 Å². The minimum absolute atomic E-state index is 0.0915. The summed E-state index contributed by atoms with van der Waals surface area (Å²) in [7, 11) is 1.38. The van der Waals surface area contributed by atoms with Crippen LogP contribution in [-0.4, -0.2) is 30.9 Å². The molecule has 0 radical (unpaired) electrons. The molecule has 2 heterocycles. The Morgan fingerprint density at radius 2 is 1.70 bits per heavy atom. The van der Waals surface area contributed by atoms with Gasteiger partial charge in [-0.25, -0.2) is 0 Å². The molecular formula is C22H29N3O4S. The lowest BCUT2D eigenvalue weighted by Crippen LogP contribution is -2.41. The molecule has 2 aromatic rings. The summed E-state index contributed by atoms with van der Waals surface area (Å²) >= 11 is 1.54. The van der Waals surface area contributed by atoms with Gasteiger partial charge in [0.05, 0.1) is 29.9 Å². The summed E-state index contributed by atoms with van der Waals surface area (Å²) in [5, 5.41) is 9.75. The standard InChI is InChI=1S/C18H21N3O2S.C4H8O2/c1-9-5-13-14(6-10(9)2)20-18(23)15(19-13)8-16(22)21-17-7-11(3)12(4)24-17;1-3-4(5)6-2/h5-7,15,19H,8H2,1-4H3,(H,20,23)(H,21,22);3H2,1-2H3. The summed E-state index contributed by atoms with van der Waals surface area (Å²) in [6, 6.07) is 5.33. The van der Waals surface area contributed by atoms with Gasteiger partial charge in [0.15, 0.2) is 0 Å². The van der Waals surface area contributed by atoms with Gasteiger partial charge >= 0.3 is 5.97 Å². The topological polar surface area (TPSA) is 96.5 Å². The van der Waals surface area contributed by atoms with Crippen LogP contribution in [0, 0.1) is 27.7 Å². The van der Waals surface area contributed by atoms with Gasteiger partial charge in [0.2, 0.25) is 11.8 Å². The quantitative estimate of drug-likeness (QED) is 0.627. The Morgan fingerprint density at radius 3 is 2.20 bits per heavy atom. The van der Waals surface area contributed by atoms with Crippen LogP contribution in [0.5, 0.6) is 0 Å². The van der Waals surface area contributed by atoms with Gasteiger partial charge in [-0.1, -0.05) is 6.92 Å². The molecule has 1 aliphatic heterocycles. The molecule has 162 valence electrons. The van der Waals surface area contributed by atoms with Gasteiger partial charge in [-0.2, -0.15) is 0 Å². The fraction of sp³-hybridized carbons (Fsp3) is 0.409. The molecule has 0 fully saturated rings. The Balaban J connectivity index is 0.000000469. The molecule has 0 bridgehead atoms. The molecule has 1 atom stereocenters. The first-order chi connectivity index (χ1) is 14.1. The van der Waals surface area contributed by atoms with Crippen LogP contribution >= 0.6 is 11.3 Å². The smallest absolute Gasteiger partial charge is 0.305 e. The Kier molecular flexibility index (Phi) is 8.00. The van der Waals surface area contributed by atoms with E-state index in [1.807, 2.05) is 45.9 Å². The number of benzene rings is 1. The van der Waals surface area contributed by atoms with Gasteiger partial charge in [-0.05, 0) is 62.6 Å². The number of nitrogens with one attached hydrogen (secondary N) is 3. The second-order valence-corrected chi connectivity index (χ2v) is 8.46. The van der Waals surface area contributed by atoms with E-state index in [9.17, 15) is 14.4 Å². The maximum Gasteiger partial charge on any atom is 0.305 e. The lowest BCUT2D eigenvalue weighted by molar-refractivity contribution is -0.140. The van der Waals surface area contributed by atoms with E-state index in [2.05, 4.69) is 20.7 Å². The number of hydrogen-bond acceptors (Lipinski definition) is 6. The fourth-order valence-corrected chi connectivity index (χ4v) is 3.76. The Morgan fingerprint density at radius 1 is 1.07 bits per heavy atom. The van der Waals surface area contributed by atoms with Crippen LogP contribution in [0.4, 0.5) is 16.4 Å². The molecule has 3 N–H and O–H groups in total. The van der Waals surface area contributed by atoms with E-state index in [1.54, 1.807) is 18.3 Å². The van der Waals surface area contributed by atoms with Gasteiger partial charge in [0, 0.05) is 11.3 Å². The number of fused-ring (bicyclic) bond motifs is 1. The number of anilines is 3. The summed E-state index contributed by atoms with van der Waals surface area (Å²) in [4.78, 5) is 35.6. The number of rotatable bonds is 4. The van der Waals surface area contributed by atoms with Crippen LogP contribution in [0.15, 0.2) is 18.2 Å². The first kappa shape index (κ1) is 23.4. The number of ether oxygens (including phenoxy) is 1. The minimum atomic E-state index is -0.568. The van der Waals surface area contributed by atoms with Crippen LogP contribution in [0.25, 0.3) is 0 Å². The van der Waals surface area contributed by atoms with Crippen molar-refractivity contribution in [1.82, 2.24) is 0 Å². The average Bonchev–Trinajstić information content (AvgIpc) is 3.00. The number of amides is 2. The normalized spacial score (nSPS) is 14.5. The summed E-state index contributed by atoms with van der Waals surface area (Å²) in [6.45, 7) is 9.82.